The van der Waals surface area contributed by atoms with E-state index in [2.05, 4.69) is 103 Å². The van der Waals surface area contributed by atoms with Crippen molar-refractivity contribution >= 4 is 5.97 Å². The highest BCUT2D eigenvalue weighted by atomic mass is 16.4. The molecule has 0 aromatic heterocycles. The molecule has 4 rings (SSSR count). The molecule has 1 N–H and O–H groups in total. The van der Waals surface area contributed by atoms with Crippen LogP contribution in [0.25, 0.3) is 0 Å². The van der Waals surface area contributed by atoms with E-state index in [9.17, 15) is 9.90 Å². The van der Waals surface area contributed by atoms with Gasteiger partial charge in [-0.1, -0.05) is 98.8 Å². The Morgan fingerprint density at radius 3 is 1.97 bits per heavy atom. The molecule has 3 aromatic rings. The highest BCUT2D eigenvalue weighted by molar-refractivity contribution is 5.74. The lowest BCUT2D eigenvalue weighted by molar-refractivity contribution is -0.145. The summed E-state index contributed by atoms with van der Waals surface area (Å²) in [4.78, 5) is 17.4. The summed E-state index contributed by atoms with van der Waals surface area (Å²) in [5.41, 5.74) is 4.99. The van der Waals surface area contributed by atoms with Crippen LogP contribution in [0, 0.1) is 5.92 Å². The molecule has 0 aliphatic carbocycles. The molecule has 3 aromatic carbocycles. The van der Waals surface area contributed by atoms with Gasteiger partial charge < -0.3 is 5.11 Å². The van der Waals surface area contributed by atoms with Crippen LogP contribution in [0.3, 0.4) is 0 Å². The maximum Gasteiger partial charge on any atom is 0.321 e. The first kappa shape index (κ1) is 27.1. The van der Waals surface area contributed by atoms with Gasteiger partial charge in [0.15, 0.2) is 0 Å². The van der Waals surface area contributed by atoms with Crippen LogP contribution in [0.15, 0.2) is 84.9 Å². The molecule has 1 aliphatic heterocycles. The zero-order valence-corrected chi connectivity index (χ0v) is 22.4. The lowest BCUT2D eigenvalue weighted by Crippen LogP contribution is -2.55. The molecule has 4 nitrogen and oxygen atoms in total. The van der Waals surface area contributed by atoms with Crippen molar-refractivity contribution in [2.24, 2.45) is 5.92 Å². The van der Waals surface area contributed by atoms with Gasteiger partial charge in [0.2, 0.25) is 0 Å². The van der Waals surface area contributed by atoms with Crippen LogP contribution >= 0.6 is 0 Å². The van der Waals surface area contributed by atoms with Gasteiger partial charge in [-0.2, -0.15) is 0 Å². The average Bonchev–Trinajstić information content (AvgIpc) is 2.93. The third-order valence-corrected chi connectivity index (χ3v) is 8.03. The first-order valence-electron chi connectivity index (χ1n) is 13.9. The number of rotatable bonds is 12. The van der Waals surface area contributed by atoms with Crippen molar-refractivity contribution in [1.29, 1.82) is 0 Å². The molecule has 3 unspecified atom stereocenters. The number of carboxylic acid groups (broad SMARTS) is 1. The minimum atomic E-state index is -0.717. The highest BCUT2D eigenvalue weighted by Crippen LogP contribution is 2.32. The van der Waals surface area contributed by atoms with Crippen molar-refractivity contribution in [3.8, 4) is 0 Å². The number of piperidine rings is 1. The van der Waals surface area contributed by atoms with E-state index in [-0.39, 0.29) is 6.04 Å². The standard InChI is InChI=1S/C33H42N2O2/c1-3-34(4-2)25-29-19-17-28(18-20-29)24-32(33(36)37)35-21-11-16-30(22-26-12-7-5-8-13-26)31(35)23-27-14-9-6-10-15-27/h5-10,12-15,17-20,30-32H,3-4,11,16,21-25H2,1-2H3,(H,36,37). The molecule has 1 saturated heterocycles. The quantitative estimate of drug-likeness (QED) is 0.328. The van der Waals surface area contributed by atoms with Gasteiger partial charge in [0.1, 0.15) is 6.04 Å². The maximum atomic E-state index is 12.7. The van der Waals surface area contributed by atoms with Crippen molar-refractivity contribution in [3.05, 3.63) is 107 Å². The van der Waals surface area contributed by atoms with Gasteiger partial charge in [-0.3, -0.25) is 14.6 Å². The Hall–Kier alpha value is -2.95. The molecule has 3 atom stereocenters. The van der Waals surface area contributed by atoms with E-state index in [1.807, 2.05) is 6.07 Å². The molecular formula is C33H42N2O2. The fraction of sp³-hybridized carbons (Fsp3) is 0.424. The summed E-state index contributed by atoms with van der Waals surface area (Å²) in [7, 11) is 0. The Labute approximate surface area is 222 Å². The third-order valence-electron chi connectivity index (χ3n) is 8.03. The van der Waals surface area contributed by atoms with E-state index in [1.165, 1.54) is 16.7 Å². The third kappa shape index (κ3) is 7.53. The maximum absolute atomic E-state index is 12.7. The minimum absolute atomic E-state index is 0.194. The number of hydrogen-bond donors (Lipinski definition) is 1. The summed E-state index contributed by atoms with van der Waals surface area (Å²) in [6.07, 6.45) is 4.57. The number of carbonyl (C=O) groups is 1. The SMILES string of the molecule is CCN(CC)Cc1ccc(CC(C(=O)O)N2CCCC(Cc3ccccc3)C2Cc2ccccc2)cc1. The van der Waals surface area contributed by atoms with Gasteiger partial charge in [0.05, 0.1) is 0 Å². The molecule has 1 heterocycles. The lowest BCUT2D eigenvalue weighted by Gasteiger charge is -2.44. The molecule has 196 valence electrons. The molecule has 37 heavy (non-hydrogen) atoms. The van der Waals surface area contributed by atoms with Gasteiger partial charge in [0, 0.05) is 12.6 Å². The molecule has 0 saturated carbocycles. The van der Waals surface area contributed by atoms with Crippen molar-refractivity contribution in [2.45, 2.75) is 64.6 Å². The summed E-state index contributed by atoms with van der Waals surface area (Å²) in [6.45, 7) is 8.19. The number of nitrogens with zero attached hydrogens (tertiary/aromatic N) is 2. The number of hydrogen-bond acceptors (Lipinski definition) is 3. The minimum Gasteiger partial charge on any atom is -0.480 e. The first-order chi connectivity index (χ1) is 18.1. The van der Waals surface area contributed by atoms with Gasteiger partial charge in [-0.15, -0.1) is 0 Å². The zero-order chi connectivity index (χ0) is 26.0. The Morgan fingerprint density at radius 1 is 0.838 bits per heavy atom. The van der Waals surface area contributed by atoms with Crippen LogP contribution in [-0.2, 0) is 30.6 Å². The van der Waals surface area contributed by atoms with Crippen molar-refractivity contribution in [3.63, 3.8) is 0 Å². The Morgan fingerprint density at radius 2 is 1.41 bits per heavy atom. The fourth-order valence-electron chi connectivity index (χ4n) is 5.90. The predicted molar refractivity (Wildman–Crippen MR) is 152 cm³/mol. The second-order valence-corrected chi connectivity index (χ2v) is 10.4. The molecule has 1 fully saturated rings. The second-order valence-electron chi connectivity index (χ2n) is 10.4. The van der Waals surface area contributed by atoms with Gasteiger partial charge in [-0.25, -0.2) is 0 Å². The summed E-state index contributed by atoms with van der Waals surface area (Å²) in [5.74, 6) is -0.291. The van der Waals surface area contributed by atoms with Crippen molar-refractivity contribution in [2.75, 3.05) is 19.6 Å². The first-order valence-corrected chi connectivity index (χ1v) is 13.9. The lowest BCUT2D eigenvalue weighted by atomic mass is 9.80. The summed E-state index contributed by atoms with van der Waals surface area (Å²) >= 11 is 0. The molecule has 0 radical (unpaired) electrons. The number of carboxylic acids is 1. The van der Waals surface area contributed by atoms with E-state index in [4.69, 9.17) is 0 Å². The van der Waals surface area contributed by atoms with Crippen molar-refractivity contribution in [1.82, 2.24) is 9.80 Å². The average molecular weight is 499 g/mol. The Balaban J connectivity index is 1.56. The normalized spacial score (nSPS) is 19.1. The van der Waals surface area contributed by atoms with Crippen LogP contribution < -0.4 is 0 Å². The van der Waals surface area contributed by atoms with E-state index < -0.39 is 12.0 Å². The predicted octanol–water partition coefficient (Wildman–Crippen LogP) is 6.09. The Bertz CT molecular complexity index is 1080. The van der Waals surface area contributed by atoms with E-state index in [0.29, 0.717) is 12.3 Å². The van der Waals surface area contributed by atoms with Gasteiger partial charge in [0.25, 0.3) is 0 Å². The molecule has 0 spiro atoms. The highest BCUT2D eigenvalue weighted by Gasteiger charge is 2.38. The fourth-order valence-corrected chi connectivity index (χ4v) is 5.90. The molecule has 4 heteroatoms. The van der Waals surface area contributed by atoms with E-state index >= 15 is 0 Å². The van der Waals surface area contributed by atoms with Gasteiger partial charge >= 0.3 is 5.97 Å². The topological polar surface area (TPSA) is 43.8 Å². The monoisotopic (exact) mass is 498 g/mol. The number of likely N-dealkylation sites (tertiary alicyclic amines) is 1. The zero-order valence-electron chi connectivity index (χ0n) is 22.4. The molecule has 0 amide bonds. The molecule has 1 aliphatic rings. The molecule has 0 bridgehead atoms. The van der Waals surface area contributed by atoms with Crippen LogP contribution in [-0.4, -0.2) is 52.6 Å². The smallest absolute Gasteiger partial charge is 0.321 e. The Kier molecular flexibility index (Phi) is 9.92. The van der Waals surface area contributed by atoms with Crippen LogP contribution in [0.2, 0.25) is 0 Å². The van der Waals surface area contributed by atoms with Gasteiger partial charge in [-0.05, 0) is 79.9 Å². The van der Waals surface area contributed by atoms with Crippen LogP contribution in [0.4, 0.5) is 0 Å². The van der Waals surface area contributed by atoms with Crippen molar-refractivity contribution < 1.29 is 9.90 Å². The second kappa shape index (κ2) is 13.6. The summed E-state index contributed by atoms with van der Waals surface area (Å²) in [5, 5.41) is 10.4. The largest absolute Gasteiger partial charge is 0.480 e. The summed E-state index contributed by atoms with van der Waals surface area (Å²) < 4.78 is 0. The van der Waals surface area contributed by atoms with E-state index in [0.717, 1.165) is 57.4 Å². The summed E-state index contributed by atoms with van der Waals surface area (Å²) in [6, 6.07) is 29.5. The number of aliphatic carboxylic acids is 1. The van der Waals surface area contributed by atoms with Crippen LogP contribution in [0.5, 0.6) is 0 Å². The van der Waals surface area contributed by atoms with Crippen LogP contribution in [0.1, 0.15) is 48.9 Å². The molecular weight excluding hydrogens is 456 g/mol. The number of benzene rings is 3. The van der Waals surface area contributed by atoms with E-state index in [1.54, 1.807) is 0 Å².